The molecule has 2 N–H and O–H groups in total. The van der Waals surface area contributed by atoms with Gasteiger partial charge in [-0.15, -0.1) is 0 Å². The summed E-state index contributed by atoms with van der Waals surface area (Å²) in [7, 11) is 1.66. The number of ether oxygens (including phenoxy) is 1. The van der Waals surface area contributed by atoms with E-state index in [1.807, 2.05) is 0 Å². The predicted molar refractivity (Wildman–Crippen MR) is 69.0 cm³/mol. The first-order valence-electron chi connectivity index (χ1n) is 5.20. The minimum absolute atomic E-state index is 0.0732. The first-order valence-corrected chi connectivity index (χ1v) is 5.96. The number of halogens is 2. The van der Waals surface area contributed by atoms with Crippen molar-refractivity contribution in [2.45, 2.75) is 26.0 Å². The number of rotatable bonds is 4. The smallest absolute Gasteiger partial charge is 0.0787 e. The molecule has 0 aliphatic rings. The Kier molecular flexibility index (Phi) is 5.06. The molecule has 0 spiro atoms. The monoisotopic (exact) mass is 261 g/mol. The lowest BCUT2D eigenvalue weighted by Gasteiger charge is -2.27. The van der Waals surface area contributed by atoms with E-state index in [1.54, 1.807) is 25.3 Å². The van der Waals surface area contributed by atoms with Gasteiger partial charge in [-0.1, -0.05) is 37.0 Å². The Morgan fingerprint density at radius 1 is 1.25 bits per heavy atom. The summed E-state index contributed by atoms with van der Waals surface area (Å²) >= 11 is 12.0. The van der Waals surface area contributed by atoms with Crippen molar-refractivity contribution in [3.8, 4) is 0 Å². The van der Waals surface area contributed by atoms with Crippen LogP contribution < -0.4 is 5.73 Å². The third kappa shape index (κ3) is 3.11. The van der Waals surface area contributed by atoms with Crippen molar-refractivity contribution in [3.05, 3.63) is 33.8 Å². The van der Waals surface area contributed by atoms with Gasteiger partial charge in [-0.3, -0.25) is 0 Å². The molecule has 2 nitrogen and oxygen atoms in total. The van der Waals surface area contributed by atoms with E-state index in [0.29, 0.717) is 16.0 Å². The predicted octanol–water partition coefficient (Wildman–Crippen LogP) is 3.66. The molecule has 0 saturated carbocycles. The maximum Gasteiger partial charge on any atom is 0.0787 e. The fourth-order valence-electron chi connectivity index (χ4n) is 1.78. The van der Waals surface area contributed by atoms with Crippen molar-refractivity contribution in [2.75, 3.05) is 7.11 Å². The second kappa shape index (κ2) is 5.87. The molecule has 0 saturated heterocycles. The van der Waals surface area contributed by atoms with Crippen LogP contribution in [-0.4, -0.2) is 13.2 Å². The zero-order valence-electron chi connectivity index (χ0n) is 9.71. The molecule has 0 radical (unpaired) electrons. The molecule has 1 aromatic carbocycles. The van der Waals surface area contributed by atoms with Crippen molar-refractivity contribution in [1.82, 2.24) is 0 Å². The first kappa shape index (κ1) is 13.8. The lowest BCUT2D eigenvalue weighted by atomic mass is 9.94. The zero-order valence-corrected chi connectivity index (χ0v) is 11.2. The van der Waals surface area contributed by atoms with Gasteiger partial charge in [0.1, 0.15) is 0 Å². The van der Waals surface area contributed by atoms with E-state index >= 15 is 0 Å². The summed E-state index contributed by atoms with van der Waals surface area (Å²) in [4.78, 5) is 0. The second-order valence-electron chi connectivity index (χ2n) is 4.14. The van der Waals surface area contributed by atoms with Gasteiger partial charge in [-0.25, -0.2) is 0 Å². The summed E-state index contributed by atoms with van der Waals surface area (Å²) in [5.74, 6) is 0.315. The Bertz CT molecular complexity index is 355. The summed E-state index contributed by atoms with van der Waals surface area (Å²) in [6, 6.07) is 5.03. The maximum atomic E-state index is 6.15. The topological polar surface area (TPSA) is 35.2 Å². The fourth-order valence-corrected chi connectivity index (χ4v) is 2.20. The molecule has 0 bridgehead atoms. The highest BCUT2D eigenvalue weighted by atomic mass is 35.5. The van der Waals surface area contributed by atoms with E-state index in [0.717, 1.165) is 5.56 Å². The molecule has 16 heavy (non-hydrogen) atoms. The van der Waals surface area contributed by atoms with Gasteiger partial charge in [-0.05, 0) is 29.7 Å². The van der Waals surface area contributed by atoms with Crippen LogP contribution in [0.3, 0.4) is 0 Å². The number of hydrogen-bond donors (Lipinski definition) is 1. The van der Waals surface area contributed by atoms with Crippen LogP contribution in [0, 0.1) is 5.92 Å². The Labute approximate surface area is 107 Å². The number of methoxy groups -OCH3 is 1. The highest BCUT2D eigenvalue weighted by Gasteiger charge is 2.24. The van der Waals surface area contributed by atoms with Crippen LogP contribution in [0.1, 0.15) is 25.5 Å². The van der Waals surface area contributed by atoms with Gasteiger partial charge in [0.2, 0.25) is 0 Å². The van der Waals surface area contributed by atoms with Crippen LogP contribution in [0.15, 0.2) is 18.2 Å². The maximum absolute atomic E-state index is 6.15. The van der Waals surface area contributed by atoms with E-state index in [1.165, 1.54) is 0 Å². The fraction of sp³-hybridized carbons (Fsp3) is 0.500. The summed E-state index contributed by atoms with van der Waals surface area (Å²) in [6.45, 7) is 4.12. The van der Waals surface area contributed by atoms with Gasteiger partial charge in [0.25, 0.3) is 0 Å². The molecule has 0 aliphatic carbocycles. The standard InChI is InChI=1S/C12H17Cl2NO/c1-7(2)12(16-3)11(15)9-6-8(13)4-5-10(9)14/h4-7,11-12H,15H2,1-3H3. The van der Waals surface area contributed by atoms with Gasteiger partial charge in [0.05, 0.1) is 12.1 Å². The molecule has 2 atom stereocenters. The zero-order chi connectivity index (χ0) is 12.3. The Balaban J connectivity index is 3.02. The molecule has 0 heterocycles. The molecular formula is C12H17Cl2NO. The van der Waals surface area contributed by atoms with Crippen LogP contribution in [0.5, 0.6) is 0 Å². The van der Waals surface area contributed by atoms with Crippen LogP contribution >= 0.6 is 23.2 Å². The van der Waals surface area contributed by atoms with E-state index in [9.17, 15) is 0 Å². The Morgan fingerprint density at radius 3 is 2.38 bits per heavy atom. The van der Waals surface area contributed by atoms with Gasteiger partial charge >= 0.3 is 0 Å². The average Bonchev–Trinajstić information content (AvgIpc) is 2.22. The van der Waals surface area contributed by atoms with Crippen molar-refractivity contribution in [1.29, 1.82) is 0 Å². The highest BCUT2D eigenvalue weighted by Crippen LogP contribution is 2.30. The average molecular weight is 262 g/mol. The molecule has 2 unspecified atom stereocenters. The Morgan fingerprint density at radius 2 is 1.88 bits per heavy atom. The van der Waals surface area contributed by atoms with Crippen LogP contribution in [0.25, 0.3) is 0 Å². The first-order chi connectivity index (χ1) is 7.47. The molecule has 1 aromatic rings. The van der Waals surface area contributed by atoms with Crippen molar-refractivity contribution < 1.29 is 4.74 Å². The molecule has 0 amide bonds. The van der Waals surface area contributed by atoms with Crippen molar-refractivity contribution in [3.63, 3.8) is 0 Å². The second-order valence-corrected chi connectivity index (χ2v) is 4.98. The van der Waals surface area contributed by atoms with Gasteiger partial charge in [-0.2, -0.15) is 0 Å². The minimum atomic E-state index is -0.267. The molecule has 0 fully saturated rings. The highest BCUT2D eigenvalue weighted by molar-refractivity contribution is 6.33. The molecule has 4 heteroatoms. The third-order valence-corrected chi connectivity index (χ3v) is 3.18. The molecule has 1 rings (SSSR count). The van der Waals surface area contributed by atoms with E-state index < -0.39 is 0 Å². The quantitative estimate of drug-likeness (QED) is 0.898. The molecule has 0 aromatic heterocycles. The largest absolute Gasteiger partial charge is 0.379 e. The van der Waals surface area contributed by atoms with Gasteiger partial charge in [0, 0.05) is 17.2 Å². The number of hydrogen-bond acceptors (Lipinski definition) is 2. The Hall–Kier alpha value is -0.280. The van der Waals surface area contributed by atoms with Crippen LogP contribution in [-0.2, 0) is 4.74 Å². The van der Waals surface area contributed by atoms with Gasteiger partial charge < -0.3 is 10.5 Å². The molecule has 0 aliphatic heterocycles. The summed E-state index contributed by atoms with van der Waals surface area (Å²) in [5, 5.41) is 1.26. The number of nitrogens with two attached hydrogens (primary N) is 1. The molecular weight excluding hydrogens is 245 g/mol. The minimum Gasteiger partial charge on any atom is -0.379 e. The van der Waals surface area contributed by atoms with E-state index in [4.69, 9.17) is 33.7 Å². The third-order valence-electron chi connectivity index (χ3n) is 2.60. The number of benzene rings is 1. The summed E-state index contributed by atoms with van der Waals surface area (Å²) < 4.78 is 5.40. The van der Waals surface area contributed by atoms with Crippen molar-refractivity contribution >= 4 is 23.2 Å². The van der Waals surface area contributed by atoms with Crippen molar-refractivity contribution in [2.24, 2.45) is 11.7 Å². The van der Waals surface area contributed by atoms with E-state index in [2.05, 4.69) is 13.8 Å². The van der Waals surface area contributed by atoms with Gasteiger partial charge in [0.15, 0.2) is 0 Å². The molecule has 90 valence electrons. The normalized spacial score (nSPS) is 15.2. The lowest BCUT2D eigenvalue weighted by molar-refractivity contribution is 0.0437. The van der Waals surface area contributed by atoms with Crippen LogP contribution in [0.2, 0.25) is 10.0 Å². The SMILES string of the molecule is COC(C(C)C)C(N)c1cc(Cl)ccc1Cl. The summed E-state index contributed by atoms with van der Waals surface area (Å²) in [5.41, 5.74) is 6.98. The summed E-state index contributed by atoms with van der Waals surface area (Å²) in [6.07, 6.45) is -0.0732. The van der Waals surface area contributed by atoms with Crippen LogP contribution in [0.4, 0.5) is 0 Å². The van der Waals surface area contributed by atoms with E-state index in [-0.39, 0.29) is 12.1 Å². The lowest BCUT2D eigenvalue weighted by Crippen LogP contribution is -2.32.